The third-order valence-corrected chi connectivity index (χ3v) is 4.36. The Labute approximate surface area is 175 Å². The number of alkyl halides is 6. The minimum absolute atomic E-state index is 0.0569. The lowest BCUT2D eigenvalue weighted by Crippen LogP contribution is -2.69. The van der Waals surface area contributed by atoms with Crippen molar-refractivity contribution in [1.29, 1.82) is 0 Å². The van der Waals surface area contributed by atoms with E-state index in [1.165, 1.54) is 28.8 Å². The van der Waals surface area contributed by atoms with Crippen molar-refractivity contribution in [3.8, 4) is 5.75 Å². The number of carbonyl (C=O) groups excluding carboxylic acids is 3. The van der Waals surface area contributed by atoms with Crippen LogP contribution < -0.4 is 20.3 Å². The van der Waals surface area contributed by atoms with Crippen LogP contribution >= 0.6 is 0 Å². The lowest BCUT2D eigenvalue weighted by Gasteiger charge is -2.29. The molecule has 1 aliphatic heterocycles. The number of nitrogens with zero attached hydrogens (tertiary/aromatic N) is 1. The summed E-state index contributed by atoms with van der Waals surface area (Å²) in [5.41, 5.74) is -3.89. The molecule has 0 bridgehead atoms. The van der Waals surface area contributed by atoms with Crippen LogP contribution in [0.15, 0.2) is 48.5 Å². The highest BCUT2D eigenvalue weighted by atomic mass is 19.4. The number of amides is 4. The van der Waals surface area contributed by atoms with Crippen LogP contribution in [0.5, 0.6) is 5.75 Å². The Hall–Kier alpha value is -3.77. The van der Waals surface area contributed by atoms with Gasteiger partial charge in [0.25, 0.3) is 17.5 Å². The molecule has 1 atom stereocenters. The molecule has 0 unspecified atom stereocenters. The first-order valence-electron chi connectivity index (χ1n) is 8.72. The highest BCUT2D eigenvalue weighted by Crippen LogP contribution is 2.36. The van der Waals surface area contributed by atoms with Crippen molar-refractivity contribution in [3.63, 3.8) is 0 Å². The second-order valence-electron chi connectivity index (χ2n) is 6.68. The van der Waals surface area contributed by atoms with Crippen LogP contribution in [0.1, 0.15) is 15.9 Å². The topological polar surface area (TPSA) is 87.7 Å². The first-order chi connectivity index (χ1) is 14.7. The lowest BCUT2D eigenvalue weighted by molar-refractivity contribution is -0.274. The summed E-state index contributed by atoms with van der Waals surface area (Å²) in [6, 6.07) is 6.94. The Balaban J connectivity index is 1.94. The normalized spacial score (nSPS) is 19.0. The smallest absolute Gasteiger partial charge is 0.406 e. The van der Waals surface area contributed by atoms with Gasteiger partial charge in [0.1, 0.15) is 5.75 Å². The Morgan fingerprint density at radius 1 is 1.03 bits per heavy atom. The molecule has 1 fully saturated rings. The number of anilines is 1. The van der Waals surface area contributed by atoms with E-state index in [1.54, 1.807) is 13.0 Å². The van der Waals surface area contributed by atoms with E-state index in [-0.39, 0.29) is 10.5 Å². The van der Waals surface area contributed by atoms with Gasteiger partial charge < -0.3 is 10.1 Å². The first-order valence-corrected chi connectivity index (χ1v) is 8.72. The molecule has 0 aromatic heterocycles. The second kappa shape index (κ2) is 7.73. The molecule has 0 radical (unpaired) electrons. The molecule has 1 aliphatic rings. The summed E-state index contributed by atoms with van der Waals surface area (Å²) in [7, 11) is 0. The molecule has 170 valence electrons. The van der Waals surface area contributed by atoms with Gasteiger partial charge in [0.05, 0.1) is 5.69 Å². The number of nitrogens with one attached hydrogen (secondary N) is 2. The maximum Gasteiger partial charge on any atom is 0.573 e. The summed E-state index contributed by atoms with van der Waals surface area (Å²) in [5.74, 6) is -3.89. The molecule has 0 aliphatic carbocycles. The average molecular weight is 461 g/mol. The predicted octanol–water partition coefficient (Wildman–Crippen LogP) is 3.64. The van der Waals surface area contributed by atoms with E-state index >= 15 is 0 Å². The zero-order chi connectivity index (χ0) is 23.9. The molecule has 7 nitrogen and oxygen atoms in total. The van der Waals surface area contributed by atoms with Crippen molar-refractivity contribution in [2.24, 2.45) is 0 Å². The van der Waals surface area contributed by atoms with E-state index in [9.17, 15) is 40.7 Å². The van der Waals surface area contributed by atoms with Gasteiger partial charge in [-0.3, -0.25) is 14.9 Å². The molecule has 32 heavy (non-hydrogen) atoms. The lowest BCUT2D eigenvalue weighted by atomic mass is 10.1. The van der Waals surface area contributed by atoms with Gasteiger partial charge in [0.15, 0.2) is 0 Å². The van der Waals surface area contributed by atoms with Gasteiger partial charge in [-0.25, -0.2) is 9.69 Å². The summed E-state index contributed by atoms with van der Waals surface area (Å²) >= 11 is 0. The fourth-order valence-corrected chi connectivity index (χ4v) is 2.94. The Morgan fingerprint density at radius 2 is 1.66 bits per heavy atom. The number of aryl methyl sites for hydroxylation is 1. The summed E-state index contributed by atoms with van der Waals surface area (Å²) in [4.78, 5) is 37.5. The van der Waals surface area contributed by atoms with Gasteiger partial charge in [-0.2, -0.15) is 13.2 Å². The van der Waals surface area contributed by atoms with E-state index in [2.05, 4.69) is 4.74 Å². The predicted molar refractivity (Wildman–Crippen MR) is 96.6 cm³/mol. The minimum Gasteiger partial charge on any atom is -0.406 e. The average Bonchev–Trinajstić information content (AvgIpc) is 2.92. The van der Waals surface area contributed by atoms with Gasteiger partial charge in [0.2, 0.25) is 0 Å². The molecule has 1 saturated heterocycles. The van der Waals surface area contributed by atoms with E-state index < -0.39 is 47.5 Å². The number of carbonyl (C=O) groups is 3. The van der Waals surface area contributed by atoms with Gasteiger partial charge in [0, 0.05) is 5.56 Å². The largest absolute Gasteiger partial charge is 0.573 e. The molecule has 4 amide bonds. The van der Waals surface area contributed by atoms with Crippen molar-refractivity contribution in [2.45, 2.75) is 25.1 Å². The summed E-state index contributed by atoms with van der Waals surface area (Å²) in [5, 5.41) is 2.98. The Morgan fingerprint density at radius 3 is 2.19 bits per heavy atom. The molecule has 2 N–H and O–H groups in total. The van der Waals surface area contributed by atoms with E-state index in [0.29, 0.717) is 17.7 Å². The molecule has 0 spiro atoms. The molecule has 13 heteroatoms. The van der Waals surface area contributed by atoms with E-state index in [0.717, 1.165) is 12.1 Å². The zero-order valence-corrected chi connectivity index (χ0v) is 16.0. The van der Waals surface area contributed by atoms with Gasteiger partial charge in [-0.15, -0.1) is 13.2 Å². The summed E-state index contributed by atoms with van der Waals surface area (Å²) < 4.78 is 82.2. The van der Waals surface area contributed by atoms with Crippen LogP contribution in [0.2, 0.25) is 0 Å². The number of ether oxygens (including phenoxy) is 1. The van der Waals surface area contributed by atoms with Crippen molar-refractivity contribution < 1.29 is 45.5 Å². The third kappa shape index (κ3) is 4.31. The number of urea groups is 1. The van der Waals surface area contributed by atoms with Crippen LogP contribution in [0.25, 0.3) is 0 Å². The molecule has 3 rings (SSSR count). The molecular weight excluding hydrogens is 448 g/mol. The highest BCUT2D eigenvalue weighted by Gasteiger charge is 2.69. The molecular formula is C19H13F6N3O4. The SMILES string of the molecule is Cc1cccc(C(=O)N[C@@]2(C(F)(F)F)NC(=O)N(c3ccc(OC(F)(F)F)cc3)C2=O)c1. The first kappa shape index (κ1) is 22.9. The van der Waals surface area contributed by atoms with Crippen molar-refractivity contribution in [3.05, 3.63) is 59.7 Å². The molecule has 0 saturated carbocycles. The van der Waals surface area contributed by atoms with Crippen molar-refractivity contribution >= 4 is 23.5 Å². The quantitative estimate of drug-likeness (QED) is 0.538. The van der Waals surface area contributed by atoms with E-state index in [1.807, 2.05) is 0 Å². The molecule has 1 heterocycles. The number of hydrogen-bond donors (Lipinski definition) is 2. The van der Waals surface area contributed by atoms with Gasteiger partial charge in [-0.1, -0.05) is 17.7 Å². The van der Waals surface area contributed by atoms with Crippen LogP contribution in [0.3, 0.4) is 0 Å². The standard InChI is InChI=1S/C19H13F6N3O4/c1-10-3-2-4-11(9-10)14(29)26-17(18(20,21)22)15(30)28(16(31)27-17)12-5-7-13(8-6-12)32-19(23,24)25/h2-9H,1H3,(H,26,29)(H,27,31)/t17-/m1/s1. The zero-order valence-electron chi connectivity index (χ0n) is 16.0. The van der Waals surface area contributed by atoms with Crippen LogP contribution in [-0.2, 0) is 4.79 Å². The Kier molecular flexibility index (Phi) is 5.53. The number of imide groups is 1. The van der Waals surface area contributed by atoms with Gasteiger partial charge in [-0.05, 0) is 43.3 Å². The fraction of sp³-hybridized carbons (Fsp3) is 0.211. The van der Waals surface area contributed by atoms with Gasteiger partial charge >= 0.3 is 18.6 Å². The van der Waals surface area contributed by atoms with Crippen LogP contribution in [-0.4, -0.2) is 36.0 Å². The number of benzene rings is 2. The summed E-state index contributed by atoms with van der Waals surface area (Å²) in [6.07, 6.45) is -10.5. The van der Waals surface area contributed by atoms with E-state index in [4.69, 9.17) is 0 Å². The maximum absolute atomic E-state index is 13.9. The minimum atomic E-state index is -5.45. The monoisotopic (exact) mass is 461 g/mol. The number of halogens is 6. The molecule has 2 aromatic rings. The van der Waals surface area contributed by atoms with Crippen molar-refractivity contribution in [1.82, 2.24) is 10.6 Å². The number of rotatable bonds is 4. The molecule has 2 aromatic carbocycles. The maximum atomic E-state index is 13.9. The summed E-state index contributed by atoms with van der Waals surface area (Å²) in [6.45, 7) is 1.59. The van der Waals surface area contributed by atoms with Crippen LogP contribution in [0.4, 0.5) is 36.8 Å². The van der Waals surface area contributed by atoms with Crippen molar-refractivity contribution in [2.75, 3.05) is 4.90 Å². The Bertz CT molecular complexity index is 1070. The third-order valence-electron chi connectivity index (χ3n) is 4.36. The second-order valence-corrected chi connectivity index (χ2v) is 6.68. The number of hydrogen-bond acceptors (Lipinski definition) is 4. The van der Waals surface area contributed by atoms with Crippen LogP contribution in [0, 0.1) is 6.92 Å². The highest BCUT2D eigenvalue weighted by molar-refractivity contribution is 6.24. The fourth-order valence-electron chi connectivity index (χ4n) is 2.94.